The zero-order chi connectivity index (χ0) is 19.4. The molecule has 1 unspecified atom stereocenters. The van der Waals surface area contributed by atoms with E-state index in [2.05, 4.69) is 57.1 Å². The van der Waals surface area contributed by atoms with E-state index < -0.39 is 0 Å². The Hall–Kier alpha value is -0.410. The highest BCUT2D eigenvalue weighted by atomic mass is 127. The smallest absolute Gasteiger partial charge is 0.191 e. The summed E-state index contributed by atoms with van der Waals surface area (Å²) in [6, 6.07) is 0.428. The molecule has 1 rings (SSSR count). The molecule has 2 N–H and O–H groups in total. The van der Waals surface area contributed by atoms with Crippen molar-refractivity contribution in [2.45, 2.75) is 73.3 Å². The number of nitrogens with one attached hydrogen (secondary N) is 2. The number of thiazole rings is 1. The van der Waals surface area contributed by atoms with Gasteiger partial charge in [0.2, 0.25) is 0 Å². The van der Waals surface area contributed by atoms with Gasteiger partial charge >= 0.3 is 0 Å². The van der Waals surface area contributed by atoms with E-state index in [4.69, 9.17) is 9.98 Å². The van der Waals surface area contributed by atoms with Crippen molar-refractivity contribution in [3.8, 4) is 0 Å². The van der Waals surface area contributed by atoms with Crippen molar-refractivity contribution in [1.82, 2.24) is 20.5 Å². The van der Waals surface area contributed by atoms with Gasteiger partial charge in [-0.3, -0.25) is 4.99 Å². The normalized spacial score (nSPS) is 12.8. The van der Waals surface area contributed by atoms with Crippen molar-refractivity contribution in [2.24, 2.45) is 4.99 Å². The van der Waals surface area contributed by atoms with Crippen molar-refractivity contribution in [2.75, 3.05) is 32.7 Å². The summed E-state index contributed by atoms with van der Waals surface area (Å²) in [6.07, 6.45) is 4.30. The van der Waals surface area contributed by atoms with Crippen LogP contribution in [0.2, 0.25) is 0 Å². The molecule has 0 fully saturated rings. The summed E-state index contributed by atoms with van der Waals surface area (Å²) in [6.45, 7) is 18.3. The van der Waals surface area contributed by atoms with Gasteiger partial charge in [0.15, 0.2) is 5.96 Å². The summed E-state index contributed by atoms with van der Waals surface area (Å²) in [5.41, 5.74) is 1.24. The first kappa shape index (κ1) is 26.6. The van der Waals surface area contributed by atoms with Gasteiger partial charge in [0, 0.05) is 30.4 Å². The lowest BCUT2D eigenvalue weighted by molar-refractivity contribution is 0.292. The van der Waals surface area contributed by atoms with Gasteiger partial charge in [0.1, 0.15) is 0 Å². The largest absolute Gasteiger partial charge is 0.357 e. The Balaban J connectivity index is 0.00000676. The standard InChI is InChI=1S/C20H39N5S.HI/c1-7-18-17(6)26-19(24-18)13-14-22-20(21-8-2)23-16(5)12-11-15-25(9-3)10-4;/h16H,7-15H2,1-6H3,(H2,21,22,23);1H. The van der Waals surface area contributed by atoms with Crippen LogP contribution in [0.5, 0.6) is 0 Å². The number of guanidine groups is 1. The van der Waals surface area contributed by atoms with Gasteiger partial charge in [-0.1, -0.05) is 20.8 Å². The molecular weight excluding hydrogens is 469 g/mol. The third-order valence-electron chi connectivity index (χ3n) is 4.60. The van der Waals surface area contributed by atoms with Crippen molar-refractivity contribution in [3.63, 3.8) is 0 Å². The fraction of sp³-hybridized carbons (Fsp3) is 0.800. The van der Waals surface area contributed by atoms with E-state index >= 15 is 0 Å². The Morgan fingerprint density at radius 3 is 2.48 bits per heavy atom. The van der Waals surface area contributed by atoms with Crippen molar-refractivity contribution in [1.29, 1.82) is 0 Å². The van der Waals surface area contributed by atoms with Gasteiger partial charge in [-0.05, 0) is 59.7 Å². The minimum absolute atomic E-state index is 0. The maximum absolute atomic E-state index is 4.74. The lowest BCUT2D eigenvalue weighted by Gasteiger charge is -2.21. The number of rotatable bonds is 12. The van der Waals surface area contributed by atoms with E-state index in [1.165, 1.54) is 28.5 Å². The van der Waals surface area contributed by atoms with E-state index in [1.807, 2.05) is 11.3 Å². The maximum Gasteiger partial charge on any atom is 0.191 e. The molecular formula is C20H40IN5S. The van der Waals surface area contributed by atoms with Gasteiger partial charge in [-0.15, -0.1) is 35.3 Å². The van der Waals surface area contributed by atoms with Gasteiger partial charge in [0.25, 0.3) is 0 Å². The molecule has 158 valence electrons. The topological polar surface area (TPSA) is 52.6 Å². The first-order chi connectivity index (χ1) is 12.5. The average Bonchev–Trinajstić information content (AvgIpc) is 2.98. The summed E-state index contributed by atoms with van der Waals surface area (Å²) in [5.74, 6) is 0.923. The number of hydrogen-bond acceptors (Lipinski definition) is 4. The quantitative estimate of drug-likeness (QED) is 0.252. The van der Waals surface area contributed by atoms with E-state index in [0.717, 1.165) is 51.4 Å². The summed E-state index contributed by atoms with van der Waals surface area (Å²) in [5, 5.41) is 8.11. The third kappa shape index (κ3) is 10.6. The average molecular weight is 510 g/mol. The summed E-state index contributed by atoms with van der Waals surface area (Å²) in [4.78, 5) is 13.3. The fourth-order valence-electron chi connectivity index (χ4n) is 2.97. The highest BCUT2D eigenvalue weighted by Crippen LogP contribution is 2.18. The molecule has 0 bridgehead atoms. The first-order valence-electron chi connectivity index (χ1n) is 10.3. The molecule has 0 radical (unpaired) electrons. The Bertz CT molecular complexity index is 528. The van der Waals surface area contributed by atoms with Crippen molar-refractivity contribution >= 4 is 41.3 Å². The molecule has 0 amide bonds. The zero-order valence-corrected chi connectivity index (χ0v) is 21.2. The van der Waals surface area contributed by atoms with E-state index in [-0.39, 0.29) is 24.0 Å². The second kappa shape index (κ2) is 15.5. The molecule has 0 aliphatic rings. The predicted octanol–water partition coefficient (Wildman–Crippen LogP) is 4.24. The number of aryl methyl sites for hydroxylation is 2. The molecule has 1 aromatic heterocycles. The van der Waals surface area contributed by atoms with E-state index in [9.17, 15) is 0 Å². The minimum Gasteiger partial charge on any atom is -0.357 e. The minimum atomic E-state index is 0. The highest BCUT2D eigenvalue weighted by molar-refractivity contribution is 14.0. The second-order valence-electron chi connectivity index (χ2n) is 6.69. The molecule has 0 saturated heterocycles. The van der Waals surface area contributed by atoms with Gasteiger partial charge < -0.3 is 15.5 Å². The molecule has 0 aliphatic heterocycles. The van der Waals surface area contributed by atoms with Crippen LogP contribution in [-0.4, -0.2) is 54.6 Å². The van der Waals surface area contributed by atoms with Crippen LogP contribution in [0.4, 0.5) is 0 Å². The van der Waals surface area contributed by atoms with Gasteiger partial charge in [0.05, 0.1) is 10.7 Å². The Kier molecular flexibility index (Phi) is 15.3. The molecule has 0 spiro atoms. The van der Waals surface area contributed by atoms with Crippen LogP contribution >= 0.6 is 35.3 Å². The number of aromatic nitrogens is 1. The number of halogens is 1. The van der Waals surface area contributed by atoms with Crippen LogP contribution in [0.25, 0.3) is 0 Å². The SMILES string of the molecule is CCNC(=NCCc1nc(CC)c(C)s1)NC(C)CCCN(CC)CC.I. The lowest BCUT2D eigenvalue weighted by Crippen LogP contribution is -2.42. The molecule has 0 saturated carbocycles. The molecule has 1 aromatic rings. The Labute approximate surface area is 187 Å². The summed E-state index contributed by atoms with van der Waals surface area (Å²) in [7, 11) is 0. The molecule has 1 atom stereocenters. The van der Waals surface area contributed by atoms with Crippen LogP contribution in [-0.2, 0) is 12.8 Å². The fourth-order valence-corrected chi connectivity index (χ4v) is 3.98. The van der Waals surface area contributed by atoms with Crippen LogP contribution in [0.1, 0.15) is 63.0 Å². The van der Waals surface area contributed by atoms with Crippen LogP contribution in [0.15, 0.2) is 4.99 Å². The van der Waals surface area contributed by atoms with E-state index in [1.54, 1.807) is 0 Å². The van der Waals surface area contributed by atoms with Gasteiger partial charge in [-0.2, -0.15) is 0 Å². The molecule has 1 heterocycles. The number of hydrogen-bond donors (Lipinski definition) is 2. The van der Waals surface area contributed by atoms with Gasteiger partial charge in [-0.25, -0.2) is 4.98 Å². The Morgan fingerprint density at radius 2 is 1.93 bits per heavy atom. The van der Waals surface area contributed by atoms with Crippen LogP contribution in [0, 0.1) is 6.92 Å². The monoisotopic (exact) mass is 509 g/mol. The molecule has 7 heteroatoms. The van der Waals surface area contributed by atoms with Crippen molar-refractivity contribution in [3.05, 3.63) is 15.6 Å². The van der Waals surface area contributed by atoms with Crippen LogP contribution in [0.3, 0.4) is 0 Å². The molecule has 27 heavy (non-hydrogen) atoms. The number of nitrogens with zero attached hydrogens (tertiary/aromatic N) is 3. The molecule has 5 nitrogen and oxygen atoms in total. The third-order valence-corrected chi connectivity index (χ3v) is 5.67. The second-order valence-corrected chi connectivity index (χ2v) is 7.98. The zero-order valence-electron chi connectivity index (χ0n) is 18.1. The first-order valence-corrected chi connectivity index (χ1v) is 11.1. The van der Waals surface area contributed by atoms with E-state index in [0.29, 0.717) is 6.04 Å². The summed E-state index contributed by atoms with van der Waals surface area (Å²) < 4.78 is 0. The predicted molar refractivity (Wildman–Crippen MR) is 131 cm³/mol. The summed E-state index contributed by atoms with van der Waals surface area (Å²) >= 11 is 1.81. The maximum atomic E-state index is 4.74. The molecule has 0 aromatic carbocycles. The number of aliphatic imine (C=N–C) groups is 1. The molecule has 0 aliphatic carbocycles. The lowest BCUT2D eigenvalue weighted by atomic mass is 10.2. The highest BCUT2D eigenvalue weighted by Gasteiger charge is 2.08. The van der Waals surface area contributed by atoms with Crippen LogP contribution < -0.4 is 10.6 Å². The Morgan fingerprint density at radius 1 is 1.22 bits per heavy atom. The van der Waals surface area contributed by atoms with Crippen molar-refractivity contribution < 1.29 is 0 Å².